The molecule has 0 radical (unpaired) electrons. The molecule has 0 aliphatic heterocycles. The molecule has 0 aliphatic rings. The fraction of sp³-hybridized carbons (Fsp3) is 0.154. The first-order valence-corrected chi connectivity index (χ1v) is 5.08. The van der Waals surface area contributed by atoms with Crippen molar-refractivity contribution in [3.8, 4) is 17.9 Å². The predicted octanol–water partition coefficient (Wildman–Crippen LogP) is 1.97. The van der Waals surface area contributed by atoms with Crippen LogP contribution in [-0.4, -0.2) is 17.2 Å². The monoisotopic (exact) mass is 242 g/mol. The molecule has 0 saturated heterocycles. The Balaban J connectivity index is 2.82. The van der Waals surface area contributed by atoms with Crippen molar-refractivity contribution in [2.75, 3.05) is 0 Å². The Morgan fingerprint density at radius 2 is 1.89 bits per heavy atom. The minimum atomic E-state index is -1.05. The maximum Gasteiger partial charge on any atom is 0.344 e. The molecule has 18 heavy (non-hydrogen) atoms. The highest BCUT2D eigenvalue weighted by Gasteiger charge is 2.11. The molecule has 0 aliphatic carbocycles. The SMILES string of the molecule is CC(Oc1ccc(C=C(C#N)C#N)cc1)C(=O)O. The highest BCUT2D eigenvalue weighted by Crippen LogP contribution is 2.15. The average Bonchev–Trinajstić information content (AvgIpc) is 2.37. The maximum atomic E-state index is 10.6. The van der Waals surface area contributed by atoms with Gasteiger partial charge in [-0.1, -0.05) is 12.1 Å². The molecule has 0 heterocycles. The van der Waals surface area contributed by atoms with Crippen LogP contribution in [0, 0.1) is 22.7 Å². The molecule has 1 N–H and O–H groups in total. The molecule has 0 aromatic heterocycles. The van der Waals surface area contributed by atoms with E-state index in [1.54, 1.807) is 36.4 Å². The highest BCUT2D eigenvalue weighted by molar-refractivity contribution is 5.72. The van der Waals surface area contributed by atoms with Crippen molar-refractivity contribution < 1.29 is 14.6 Å². The molecular weight excluding hydrogens is 232 g/mol. The maximum absolute atomic E-state index is 10.6. The van der Waals surface area contributed by atoms with Crippen molar-refractivity contribution in [1.82, 2.24) is 0 Å². The minimum absolute atomic E-state index is 0.00238. The molecule has 1 rings (SSSR count). The van der Waals surface area contributed by atoms with Gasteiger partial charge in [0.05, 0.1) is 0 Å². The zero-order chi connectivity index (χ0) is 13.5. The van der Waals surface area contributed by atoms with Gasteiger partial charge in [-0.25, -0.2) is 4.79 Å². The van der Waals surface area contributed by atoms with Gasteiger partial charge in [0, 0.05) is 0 Å². The van der Waals surface area contributed by atoms with E-state index in [0.717, 1.165) is 0 Å². The molecule has 0 amide bonds. The van der Waals surface area contributed by atoms with Gasteiger partial charge in [0.15, 0.2) is 6.10 Å². The average molecular weight is 242 g/mol. The van der Waals surface area contributed by atoms with E-state index >= 15 is 0 Å². The molecule has 5 heteroatoms. The summed E-state index contributed by atoms with van der Waals surface area (Å²) in [5.74, 6) is -0.632. The number of nitriles is 2. The molecule has 90 valence electrons. The quantitative estimate of drug-likeness (QED) is 0.814. The van der Waals surface area contributed by atoms with E-state index in [-0.39, 0.29) is 5.57 Å². The fourth-order valence-electron chi connectivity index (χ4n) is 1.15. The molecule has 1 aromatic carbocycles. The lowest BCUT2D eigenvalue weighted by atomic mass is 10.1. The number of carbonyl (C=O) groups is 1. The van der Waals surface area contributed by atoms with Crippen LogP contribution in [0.2, 0.25) is 0 Å². The van der Waals surface area contributed by atoms with Crippen LogP contribution in [-0.2, 0) is 4.79 Å². The number of benzene rings is 1. The lowest BCUT2D eigenvalue weighted by Crippen LogP contribution is -2.22. The Labute approximate surface area is 104 Å². The van der Waals surface area contributed by atoms with Crippen molar-refractivity contribution in [3.05, 3.63) is 35.4 Å². The summed E-state index contributed by atoms with van der Waals surface area (Å²) in [5.41, 5.74) is 0.672. The Bertz CT molecular complexity index is 531. The zero-order valence-electron chi connectivity index (χ0n) is 9.62. The summed E-state index contributed by atoms with van der Waals surface area (Å²) in [6.07, 6.45) is 0.505. The second-order valence-electron chi connectivity index (χ2n) is 3.45. The number of carboxylic acids is 1. The molecule has 1 aromatic rings. The van der Waals surface area contributed by atoms with Gasteiger partial charge in [-0.3, -0.25) is 0 Å². The Morgan fingerprint density at radius 1 is 1.33 bits per heavy atom. The summed E-state index contributed by atoms with van der Waals surface area (Å²) in [6, 6.07) is 9.94. The lowest BCUT2D eigenvalue weighted by Gasteiger charge is -2.09. The van der Waals surface area contributed by atoms with Gasteiger partial charge in [-0.05, 0) is 30.7 Å². The van der Waals surface area contributed by atoms with E-state index < -0.39 is 12.1 Å². The first kappa shape index (κ1) is 13.3. The summed E-state index contributed by atoms with van der Waals surface area (Å²) in [7, 11) is 0. The summed E-state index contributed by atoms with van der Waals surface area (Å²) in [6.45, 7) is 1.43. The van der Waals surface area contributed by atoms with Gasteiger partial charge in [0.25, 0.3) is 0 Å². The van der Waals surface area contributed by atoms with Crippen LogP contribution in [0.3, 0.4) is 0 Å². The van der Waals surface area contributed by atoms with Crippen LogP contribution in [0.15, 0.2) is 29.8 Å². The number of hydrogen-bond donors (Lipinski definition) is 1. The predicted molar refractivity (Wildman–Crippen MR) is 63.4 cm³/mol. The van der Waals surface area contributed by atoms with Crippen LogP contribution >= 0.6 is 0 Å². The third-order valence-corrected chi connectivity index (χ3v) is 2.09. The Hall–Kier alpha value is -2.79. The van der Waals surface area contributed by atoms with Crippen molar-refractivity contribution >= 4 is 12.0 Å². The molecular formula is C13H10N2O3. The molecule has 0 spiro atoms. The smallest absolute Gasteiger partial charge is 0.344 e. The number of ether oxygens (including phenoxy) is 1. The van der Waals surface area contributed by atoms with E-state index in [9.17, 15) is 4.79 Å². The topological polar surface area (TPSA) is 94.1 Å². The second kappa shape index (κ2) is 6.07. The van der Waals surface area contributed by atoms with E-state index in [0.29, 0.717) is 11.3 Å². The molecule has 0 fully saturated rings. The molecule has 1 unspecified atom stereocenters. The summed E-state index contributed by atoms with van der Waals surface area (Å²) in [4.78, 5) is 10.6. The van der Waals surface area contributed by atoms with E-state index in [2.05, 4.69) is 0 Å². The third kappa shape index (κ3) is 3.66. The lowest BCUT2D eigenvalue weighted by molar-refractivity contribution is -0.144. The standard InChI is InChI=1S/C13H10N2O3/c1-9(13(16)17)18-12-4-2-10(3-5-12)6-11(7-14)8-15/h2-6,9H,1H3,(H,16,17). The van der Waals surface area contributed by atoms with Gasteiger partial charge in [-0.2, -0.15) is 10.5 Å². The van der Waals surface area contributed by atoms with Gasteiger partial charge in [0.2, 0.25) is 0 Å². The molecule has 0 saturated carbocycles. The van der Waals surface area contributed by atoms with Crippen molar-refractivity contribution in [2.45, 2.75) is 13.0 Å². The second-order valence-corrected chi connectivity index (χ2v) is 3.45. The van der Waals surface area contributed by atoms with Crippen LogP contribution in [0.5, 0.6) is 5.75 Å². The number of aliphatic carboxylic acids is 1. The van der Waals surface area contributed by atoms with E-state index in [1.807, 2.05) is 0 Å². The normalized spacial score (nSPS) is 10.6. The number of carboxylic acid groups (broad SMARTS) is 1. The summed E-state index contributed by atoms with van der Waals surface area (Å²) >= 11 is 0. The minimum Gasteiger partial charge on any atom is -0.479 e. The molecule has 0 bridgehead atoms. The van der Waals surface area contributed by atoms with E-state index in [1.165, 1.54) is 13.0 Å². The summed E-state index contributed by atoms with van der Waals surface area (Å²) < 4.78 is 5.14. The fourth-order valence-corrected chi connectivity index (χ4v) is 1.15. The van der Waals surface area contributed by atoms with Gasteiger partial charge in [-0.15, -0.1) is 0 Å². The Morgan fingerprint density at radius 3 is 2.33 bits per heavy atom. The first-order chi connectivity index (χ1) is 8.56. The largest absolute Gasteiger partial charge is 0.479 e. The highest BCUT2D eigenvalue weighted by atomic mass is 16.5. The van der Waals surface area contributed by atoms with Crippen molar-refractivity contribution in [2.24, 2.45) is 0 Å². The Kier molecular flexibility index (Phi) is 4.48. The van der Waals surface area contributed by atoms with Gasteiger partial charge >= 0.3 is 5.97 Å². The van der Waals surface area contributed by atoms with Crippen LogP contribution < -0.4 is 4.74 Å². The van der Waals surface area contributed by atoms with Crippen LogP contribution in [0.4, 0.5) is 0 Å². The van der Waals surface area contributed by atoms with E-state index in [4.69, 9.17) is 20.4 Å². The first-order valence-electron chi connectivity index (χ1n) is 5.08. The zero-order valence-corrected chi connectivity index (χ0v) is 9.62. The number of nitrogens with zero attached hydrogens (tertiary/aromatic N) is 2. The van der Waals surface area contributed by atoms with Crippen molar-refractivity contribution in [3.63, 3.8) is 0 Å². The van der Waals surface area contributed by atoms with Crippen LogP contribution in [0.25, 0.3) is 6.08 Å². The summed E-state index contributed by atoms with van der Waals surface area (Å²) in [5, 5.41) is 25.9. The molecule has 5 nitrogen and oxygen atoms in total. The van der Waals surface area contributed by atoms with Crippen LogP contribution in [0.1, 0.15) is 12.5 Å². The molecule has 1 atom stereocenters. The van der Waals surface area contributed by atoms with Crippen molar-refractivity contribution in [1.29, 1.82) is 10.5 Å². The number of rotatable bonds is 4. The number of hydrogen-bond acceptors (Lipinski definition) is 4. The van der Waals surface area contributed by atoms with Gasteiger partial charge < -0.3 is 9.84 Å². The van der Waals surface area contributed by atoms with Gasteiger partial charge in [0.1, 0.15) is 23.5 Å². The third-order valence-electron chi connectivity index (χ3n) is 2.09. The number of allylic oxidation sites excluding steroid dienone is 1.